The Labute approximate surface area is 265 Å². The molecule has 0 spiro atoms. The minimum Gasteiger partial charge on any atom is -0.490 e. The second kappa shape index (κ2) is 13.8. The maximum Gasteiger partial charge on any atom is 0.282 e. The molecular weight excluding hydrogens is 688 g/mol. The number of para-hydroxylation sites is 1. The van der Waals surface area contributed by atoms with Gasteiger partial charge in [-0.05, 0) is 72.1 Å². The van der Waals surface area contributed by atoms with Gasteiger partial charge in [-0.3, -0.25) is 9.59 Å². The molecule has 218 valence electrons. The van der Waals surface area contributed by atoms with Gasteiger partial charge in [-0.1, -0.05) is 65.0 Å². The smallest absolute Gasteiger partial charge is 0.282 e. The first-order valence-corrected chi connectivity index (χ1v) is 15.7. The van der Waals surface area contributed by atoms with Gasteiger partial charge in [0.2, 0.25) is 0 Å². The van der Waals surface area contributed by atoms with Crippen LogP contribution in [0.25, 0.3) is 10.9 Å². The van der Waals surface area contributed by atoms with Crippen LogP contribution in [-0.4, -0.2) is 35.0 Å². The summed E-state index contributed by atoms with van der Waals surface area (Å²) >= 11 is 13.7. The van der Waals surface area contributed by atoms with E-state index in [-0.39, 0.29) is 34.8 Å². The maximum absolute atomic E-state index is 13.7. The molecule has 1 heterocycles. The summed E-state index contributed by atoms with van der Waals surface area (Å²) in [6.45, 7) is 1.91. The lowest BCUT2D eigenvalue weighted by molar-refractivity contribution is -0.118. The number of hydrogen-bond donors (Lipinski definition) is 1. The highest BCUT2D eigenvalue weighted by atomic mass is 79.9. The van der Waals surface area contributed by atoms with Gasteiger partial charge in [-0.2, -0.15) is 9.78 Å². The van der Waals surface area contributed by atoms with Crippen LogP contribution in [0, 0.1) is 0 Å². The van der Waals surface area contributed by atoms with E-state index in [9.17, 15) is 9.59 Å². The molecule has 8 nitrogen and oxygen atoms in total. The topological polar surface area (TPSA) is 94.8 Å². The van der Waals surface area contributed by atoms with E-state index < -0.39 is 0 Å². The Balaban J connectivity index is 1.48. The van der Waals surface area contributed by atoms with Crippen molar-refractivity contribution in [2.24, 2.45) is 5.10 Å². The van der Waals surface area contributed by atoms with Crippen molar-refractivity contribution < 1.29 is 14.3 Å². The van der Waals surface area contributed by atoms with E-state index in [0.29, 0.717) is 44.8 Å². The number of halogens is 3. The Hall–Kier alpha value is -3.21. The zero-order chi connectivity index (χ0) is 29.6. The zero-order valence-corrected chi connectivity index (χ0v) is 26.8. The van der Waals surface area contributed by atoms with Crippen molar-refractivity contribution in [2.45, 2.75) is 44.9 Å². The standard InChI is InChI=1S/C31H29Br2ClN4O4/c1-2-41-25-15-20(27(33)28(34)29(25)42-18-26(39)36-22-11-7-4-8-12-22)17-35-38-30(19-9-5-3-6-10-19)37-24-14-13-21(32)16-23(24)31(38)40/h4,7-8,11-17,19H,2-3,5-6,9-10,18H2,1H3,(H,36,39). The second-order valence-electron chi connectivity index (χ2n) is 9.88. The fourth-order valence-corrected chi connectivity index (χ4v) is 5.99. The Morgan fingerprint density at radius 1 is 1.12 bits per heavy atom. The number of fused-ring (bicyclic) bond motifs is 1. The summed E-state index contributed by atoms with van der Waals surface area (Å²) in [7, 11) is 0. The fourth-order valence-electron chi connectivity index (χ4n) is 4.97. The van der Waals surface area contributed by atoms with Gasteiger partial charge in [0.25, 0.3) is 11.5 Å². The summed E-state index contributed by atoms with van der Waals surface area (Å²) < 4.78 is 14.3. The van der Waals surface area contributed by atoms with Crippen LogP contribution >= 0.6 is 43.5 Å². The number of carbonyl (C=O) groups excluding carboxylic acids is 1. The molecule has 1 saturated carbocycles. The molecule has 1 aromatic heterocycles. The molecule has 4 aromatic rings. The van der Waals surface area contributed by atoms with Crippen LogP contribution in [0.3, 0.4) is 0 Å². The van der Waals surface area contributed by atoms with Crippen LogP contribution in [0.4, 0.5) is 5.69 Å². The number of nitrogens with one attached hydrogen (secondary N) is 1. The minimum atomic E-state index is -0.341. The Kier molecular flexibility index (Phi) is 9.97. The summed E-state index contributed by atoms with van der Waals surface area (Å²) in [4.78, 5) is 31.1. The third-order valence-corrected chi connectivity index (χ3v) is 8.91. The largest absolute Gasteiger partial charge is 0.490 e. The summed E-state index contributed by atoms with van der Waals surface area (Å²) in [6.07, 6.45) is 6.83. The van der Waals surface area contributed by atoms with Crippen molar-refractivity contribution in [3.8, 4) is 11.5 Å². The van der Waals surface area contributed by atoms with Crippen molar-refractivity contribution in [1.29, 1.82) is 0 Å². The van der Waals surface area contributed by atoms with Gasteiger partial charge in [0.15, 0.2) is 18.1 Å². The molecular formula is C31H29Br2ClN4O4. The van der Waals surface area contributed by atoms with Gasteiger partial charge in [0.05, 0.1) is 23.7 Å². The van der Waals surface area contributed by atoms with Crippen LogP contribution in [0.1, 0.15) is 56.3 Å². The second-order valence-corrected chi connectivity index (χ2v) is 12.0. The third kappa shape index (κ3) is 6.88. The van der Waals surface area contributed by atoms with E-state index in [1.54, 1.807) is 30.5 Å². The Bertz CT molecular complexity index is 1690. The van der Waals surface area contributed by atoms with Crippen molar-refractivity contribution in [3.63, 3.8) is 0 Å². The monoisotopic (exact) mass is 714 g/mol. The van der Waals surface area contributed by atoms with Gasteiger partial charge in [-0.15, -0.1) is 0 Å². The fraction of sp³-hybridized carbons (Fsp3) is 0.290. The summed E-state index contributed by atoms with van der Waals surface area (Å²) in [5.41, 5.74) is 1.64. The number of rotatable bonds is 9. The zero-order valence-electron chi connectivity index (χ0n) is 22.9. The van der Waals surface area contributed by atoms with Gasteiger partial charge < -0.3 is 14.8 Å². The molecule has 11 heteroatoms. The first-order chi connectivity index (χ1) is 20.4. The summed E-state index contributed by atoms with van der Waals surface area (Å²) in [5, 5.41) is 8.11. The Morgan fingerprint density at radius 2 is 1.88 bits per heavy atom. The molecule has 0 bridgehead atoms. The molecule has 0 atom stereocenters. The lowest BCUT2D eigenvalue weighted by atomic mass is 9.88. The van der Waals surface area contributed by atoms with E-state index in [0.717, 1.165) is 30.2 Å². The predicted molar refractivity (Wildman–Crippen MR) is 173 cm³/mol. The van der Waals surface area contributed by atoms with E-state index in [2.05, 4.69) is 42.3 Å². The lowest BCUT2D eigenvalue weighted by Crippen LogP contribution is -2.25. The van der Waals surface area contributed by atoms with E-state index in [4.69, 9.17) is 26.1 Å². The van der Waals surface area contributed by atoms with Crippen molar-refractivity contribution >= 4 is 72.2 Å². The molecule has 0 unspecified atom stereocenters. The number of carbonyl (C=O) groups is 1. The van der Waals surface area contributed by atoms with Gasteiger partial charge >= 0.3 is 0 Å². The average molecular weight is 717 g/mol. The molecule has 1 amide bonds. The van der Waals surface area contributed by atoms with Gasteiger partial charge in [0.1, 0.15) is 10.8 Å². The molecule has 0 saturated heterocycles. The molecule has 5 rings (SSSR count). The van der Waals surface area contributed by atoms with E-state index in [1.165, 1.54) is 11.1 Å². The SMILES string of the molecule is CCOc1cc(C=Nn2c(C3CCCCC3)nc3ccc(Br)cc3c2=O)c(Br)c(Cl)c1OCC(=O)Nc1ccccc1. The summed E-state index contributed by atoms with van der Waals surface area (Å²) in [5.74, 6) is 1.03. The number of ether oxygens (including phenoxy) is 2. The highest BCUT2D eigenvalue weighted by Crippen LogP contribution is 2.42. The molecule has 0 aliphatic heterocycles. The molecule has 1 aliphatic rings. The first-order valence-electron chi connectivity index (χ1n) is 13.7. The number of hydrogen-bond acceptors (Lipinski definition) is 6. The van der Waals surface area contributed by atoms with Crippen LogP contribution in [0.5, 0.6) is 11.5 Å². The van der Waals surface area contributed by atoms with Gasteiger partial charge in [0, 0.05) is 26.1 Å². The molecule has 42 heavy (non-hydrogen) atoms. The summed E-state index contributed by atoms with van der Waals surface area (Å²) in [6, 6.07) is 16.3. The van der Waals surface area contributed by atoms with Crippen LogP contribution in [0.2, 0.25) is 5.02 Å². The van der Waals surface area contributed by atoms with E-state index >= 15 is 0 Å². The molecule has 0 radical (unpaired) electrons. The van der Waals surface area contributed by atoms with Crippen LogP contribution < -0.4 is 20.3 Å². The van der Waals surface area contributed by atoms with Crippen LogP contribution in [-0.2, 0) is 4.79 Å². The quantitative estimate of drug-likeness (QED) is 0.178. The predicted octanol–water partition coefficient (Wildman–Crippen LogP) is 7.92. The van der Waals surface area contributed by atoms with E-state index in [1.807, 2.05) is 37.3 Å². The van der Waals surface area contributed by atoms with Crippen molar-refractivity contribution in [3.05, 3.63) is 90.3 Å². The highest BCUT2D eigenvalue weighted by Gasteiger charge is 2.23. The average Bonchev–Trinajstić information content (AvgIpc) is 3.00. The minimum absolute atomic E-state index is 0.139. The Morgan fingerprint density at radius 3 is 2.62 bits per heavy atom. The normalized spacial score (nSPS) is 13.9. The maximum atomic E-state index is 13.7. The number of aromatic nitrogens is 2. The lowest BCUT2D eigenvalue weighted by Gasteiger charge is -2.23. The molecule has 3 aromatic carbocycles. The first kappa shape index (κ1) is 30.3. The van der Waals surface area contributed by atoms with Crippen LogP contribution in [0.15, 0.2) is 73.4 Å². The number of nitrogens with zero attached hydrogens (tertiary/aromatic N) is 3. The number of amides is 1. The number of anilines is 1. The number of benzene rings is 3. The van der Waals surface area contributed by atoms with Crippen molar-refractivity contribution in [2.75, 3.05) is 18.5 Å². The van der Waals surface area contributed by atoms with Gasteiger partial charge in [-0.25, -0.2) is 4.98 Å². The molecule has 1 aliphatic carbocycles. The highest BCUT2D eigenvalue weighted by molar-refractivity contribution is 9.10. The molecule has 1 N–H and O–H groups in total. The third-order valence-electron chi connectivity index (χ3n) is 6.98. The van der Waals surface area contributed by atoms with Crippen molar-refractivity contribution in [1.82, 2.24) is 9.66 Å². The molecule has 1 fully saturated rings.